The highest BCUT2D eigenvalue weighted by Gasteiger charge is 2.34. The van der Waals surface area contributed by atoms with Gasteiger partial charge in [-0.25, -0.2) is 0 Å². The highest BCUT2D eigenvalue weighted by atomic mass is 16.3. The maximum absolute atomic E-state index is 9.63. The molecule has 1 aliphatic carbocycles. The van der Waals surface area contributed by atoms with Gasteiger partial charge in [0.05, 0.1) is 5.54 Å². The summed E-state index contributed by atoms with van der Waals surface area (Å²) in [6.07, 6.45) is 6.64. The van der Waals surface area contributed by atoms with Gasteiger partial charge >= 0.3 is 0 Å². The standard InChI is InChI=1S/C10H17NO2/c1-2-3-6-10(11)7-4-5-8(12)9(10)13/h4-5,7,9,12-13H,2-3,6,11H2,1H3. The van der Waals surface area contributed by atoms with Crippen molar-refractivity contribution in [2.75, 3.05) is 0 Å². The van der Waals surface area contributed by atoms with Crippen LogP contribution in [-0.2, 0) is 0 Å². The summed E-state index contributed by atoms with van der Waals surface area (Å²) >= 11 is 0. The molecule has 74 valence electrons. The van der Waals surface area contributed by atoms with Crippen molar-refractivity contribution in [1.29, 1.82) is 0 Å². The monoisotopic (exact) mass is 183 g/mol. The van der Waals surface area contributed by atoms with Crippen molar-refractivity contribution in [3.8, 4) is 0 Å². The number of unbranched alkanes of at least 4 members (excludes halogenated alkanes) is 1. The molecule has 0 aromatic rings. The Morgan fingerprint density at radius 3 is 2.92 bits per heavy atom. The molecule has 1 rings (SSSR count). The van der Waals surface area contributed by atoms with Crippen molar-refractivity contribution in [3.63, 3.8) is 0 Å². The minimum atomic E-state index is -0.955. The lowest BCUT2D eigenvalue weighted by atomic mass is 9.84. The Hall–Kier alpha value is -0.800. The first-order chi connectivity index (χ1) is 6.10. The first-order valence-electron chi connectivity index (χ1n) is 4.65. The Labute approximate surface area is 78.6 Å². The Bertz CT molecular complexity index is 235. The van der Waals surface area contributed by atoms with Crippen LogP contribution in [0.5, 0.6) is 0 Å². The Kier molecular flexibility index (Phi) is 3.12. The summed E-state index contributed by atoms with van der Waals surface area (Å²) in [5.74, 6) is -0.0406. The Morgan fingerprint density at radius 1 is 1.62 bits per heavy atom. The van der Waals surface area contributed by atoms with Crippen LogP contribution in [0, 0.1) is 0 Å². The quantitative estimate of drug-likeness (QED) is 0.617. The number of aliphatic hydroxyl groups is 2. The van der Waals surface area contributed by atoms with Gasteiger partial charge in [0.25, 0.3) is 0 Å². The SMILES string of the molecule is CCCCC1(N)C=CC=C(O)C1O. The van der Waals surface area contributed by atoms with Gasteiger partial charge in [0, 0.05) is 0 Å². The third-order valence-electron chi connectivity index (χ3n) is 2.43. The van der Waals surface area contributed by atoms with Gasteiger partial charge in [0.1, 0.15) is 11.9 Å². The van der Waals surface area contributed by atoms with Gasteiger partial charge in [-0.15, -0.1) is 0 Å². The Balaban J connectivity index is 2.68. The molecular formula is C10H17NO2. The molecule has 0 saturated carbocycles. The maximum Gasteiger partial charge on any atom is 0.132 e. The van der Waals surface area contributed by atoms with Crippen LogP contribution >= 0.6 is 0 Å². The fraction of sp³-hybridized carbons (Fsp3) is 0.600. The van der Waals surface area contributed by atoms with Crippen LogP contribution in [0.25, 0.3) is 0 Å². The lowest BCUT2D eigenvalue weighted by Gasteiger charge is -2.32. The molecule has 13 heavy (non-hydrogen) atoms. The van der Waals surface area contributed by atoms with E-state index in [1.807, 2.05) is 0 Å². The third-order valence-corrected chi connectivity index (χ3v) is 2.43. The van der Waals surface area contributed by atoms with Crippen molar-refractivity contribution in [2.45, 2.75) is 37.8 Å². The Morgan fingerprint density at radius 2 is 2.31 bits per heavy atom. The number of nitrogens with two attached hydrogens (primary N) is 1. The highest BCUT2D eigenvalue weighted by Crippen LogP contribution is 2.24. The van der Waals surface area contributed by atoms with Gasteiger partial charge in [0.2, 0.25) is 0 Å². The summed E-state index contributed by atoms with van der Waals surface area (Å²) in [6.45, 7) is 2.07. The van der Waals surface area contributed by atoms with Crippen LogP contribution in [0.1, 0.15) is 26.2 Å². The fourth-order valence-corrected chi connectivity index (χ4v) is 1.49. The topological polar surface area (TPSA) is 66.5 Å². The number of allylic oxidation sites excluding steroid dienone is 2. The summed E-state index contributed by atoms with van der Waals surface area (Å²) in [5.41, 5.74) is 5.16. The molecule has 2 unspecified atom stereocenters. The normalized spacial score (nSPS) is 33.2. The van der Waals surface area contributed by atoms with Crippen LogP contribution in [0.4, 0.5) is 0 Å². The predicted molar refractivity (Wildman–Crippen MR) is 52.3 cm³/mol. The van der Waals surface area contributed by atoms with E-state index < -0.39 is 11.6 Å². The lowest BCUT2D eigenvalue weighted by molar-refractivity contribution is 0.0901. The molecule has 0 heterocycles. The molecule has 3 heteroatoms. The van der Waals surface area contributed by atoms with E-state index in [0.29, 0.717) is 6.42 Å². The molecule has 0 aromatic heterocycles. The summed E-state index contributed by atoms with van der Waals surface area (Å²) in [4.78, 5) is 0. The van der Waals surface area contributed by atoms with Crippen molar-refractivity contribution >= 4 is 0 Å². The molecule has 1 aliphatic rings. The lowest BCUT2D eigenvalue weighted by Crippen LogP contribution is -2.51. The van der Waals surface area contributed by atoms with Gasteiger partial charge in [-0.05, 0) is 12.5 Å². The van der Waals surface area contributed by atoms with Crippen molar-refractivity contribution in [3.05, 3.63) is 24.0 Å². The summed E-state index contributed by atoms with van der Waals surface area (Å²) in [6, 6.07) is 0. The minimum absolute atomic E-state index is 0.0406. The zero-order valence-corrected chi connectivity index (χ0v) is 7.90. The van der Waals surface area contributed by atoms with Crippen molar-refractivity contribution in [1.82, 2.24) is 0 Å². The van der Waals surface area contributed by atoms with E-state index in [1.165, 1.54) is 6.08 Å². The molecule has 0 fully saturated rings. The average molecular weight is 183 g/mol. The highest BCUT2D eigenvalue weighted by molar-refractivity contribution is 5.27. The van der Waals surface area contributed by atoms with E-state index in [1.54, 1.807) is 12.2 Å². The number of rotatable bonds is 3. The maximum atomic E-state index is 9.63. The second-order valence-electron chi connectivity index (χ2n) is 3.57. The van der Waals surface area contributed by atoms with E-state index in [9.17, 15) is 10.2 Å². The first kappa shape index (κ1) is 10.3. The molecule has 4 N–H and O–H groups in total. The number of hydrogen-bond acceptors (Lipinski definition) is 3. The molecule has 0 bridgehead atoms. The van der Waals surface area contributed by atoms with Crippen LogP contribution in [0.3, 0.4) is 0 Å². The predicted octanol–water partition coefficient (Wildman–Crippen LogP) is 1.25. The molecule has 0 saturated heterocycles. The van der Waals surface area contributed by atoms with E-state index in [0.717, 1.165) is 12.8 Å². The molecule has 2 atom stereocenters. The van der Waals surface area contributed by atoms with E-state index in [-0.39, 0.29) is 5.76 Å². The largest absolute Gasteiger partial charge is 0.509 e. The molecular weight excluding hydrogens is 166 g/mol. The average Bonchev–Trinajstić information content (AvgIpc) is 2.11. The van der Waals surface area contributed by atoms with Crippen LogP contribution < -0.4 is 5.73 Å². The second kappa shape index (κ2) is 3.94. The van der Waals surface area contributed by atoms with Gasteiger partial charge in [-0.3, -0.25) is 0 Å². The molecule has 0 radical (unpaired) electrons. The van der Waals surface area contributed by atoms with Crippen LogP contribution in [0.2, 0.25) is 0 Å². The minimum Gasteiger partial charge on any atom is -0.509 e. The van der Waals surface area contributed by atoms with E-state index in [4.69, 9.17) is 5.73 Å². The van der Waals surface area contributed by atoms with Crippen molar-refractivity contribution < 1.29 is 10.2 Å². The second-order valence-corrected chi connectivity index (χ2v) is 3.57. The smallest absolute Gasteiger partial charge is 0.132 e. The first-order valence-corrected chi connectivity index (χ1v) is 4.65. The zero-order chi connectivity index (χ0) is 9.90. The van der Waals surface area contributed by atoms with E-state index >= 15 is 0 Å². The van der Waals surface area contributed by atoms with Gasteiger partial charge in [-0.1, -0.05) is 31.9 Å². The zero-order valence-electron chi connectivity index (χ0n) is 7.90. The van der Waals surface area contributed by atoms with Crippen LogP contribution in [0.15, 0.2) is 24.0 Å². The summed E-state index contributed by atoms with van der Waals surface area (Å²) < 4.78 is 0. The fourth-order valence-electron chi connectivity index (χ4n) is 1.49. The number of aliphatic hydroxyl groups excluding tert-OH is 2. The van der Waals surface area contributed by atoms with Gasteiger partial charge in [-0.2, -0.15) is 0 Å². The molecule has 0 aromatic carbocycles. The summed E-state index contributed by atoms with van der Waals surface area (Å²) in [7, 11) is 0. The molecule has 3 nitrogen and oxygen atoms in total. The van der Waals surface area contributed by atoms with Crippen molar-refractivity contribution in [2.24, 2.45) is 5.73 Å². The van der Waals surface area contributed by atoms with Gasteiger partial charge < -0.3 is 15.9 Å². The molecule has 0 amide bonds. The summed E-state index contributed by atoms with van der Waals surface area (Å²) in [5, 5.41) is 18.9. The van der Waals surface area contributed by atoms with Crippen LogP contribution in [-0.4, -0.2) is 21.9 Å². The number of hydrogen-bond donors (Lipinski definition) is 3. The van der Waals surface area contributed by atoms with E-state index in [2.05, 4.69) is 6.92 Å². The van der Waals surface area contributed by atoms with Gasteiger partial charge in [0.15, 0.2) is 0 Å². The molecule has 0 spiro atoms. The molecule has 0 aliphatic heterocycles. The third kappa shape index (κ3) is 2.11.